The Labute approximate surface area is 434 Å². The molecule has 4 aromatic rings. The van der Waals surface area contributed by atoms with E-state index < -0.39 is 58.2 Å². The number of benzene rings is 4. The number of carbonyl (C=O) groups excluding carboxylic acids is 4. The van der Waals surface area contributed by atoms with Crippen LogP contribution in [0.2, 0.25) is 0 Å². The van der Waals surface area contributed by atoms with E-state index in [1.807, 2.05) is 0 Å². The molecule has 7 rings (SSSR count). The number of nitrogens with zero attached hydrogens (tertiary/aromatic N) is 4. The van der Waals surface area contributed by atoms with Crippen LogP contribution in [0, 0.1) is 20.2 Å². The second kappa shape index (κ2) is 24.7. The van der Waals surface area contributed by atoms with Gasteiger partial charge in [0.15, 0.2) is 34.6 Å². The Morgan fingerprint density at radius 3 is 1.28 bits per heavy atom. The molecule has 2 heterocycles. The lowest BCUT2D eigenvalue weighted by Crippen LogP contribution is -2.41. The summed E-state index contributed by atoms with van der Waals surface area (Å²) < 4.78 is 35.1. The van der Waals surface area contributed by atoms with Crippen molar-refractivity contribution >= 4 is 81.8 Å². The molecule has 0 bridgehead atoms. The highest BCUT2D eigenvalue weighted by atomic mass is 32.2. The molecule has 0 aromatic heterocycles. The van der Waals surface area contributed by atoms with Crippen LogP contribution >= 0.6 is 47.0 Å². The fourth-order valence-corrected chi connectivity index (χ4v) is 14.9. The number of likely N-dealkylation sites (tertiary alicyclic amines) is 2. The predicted octanol–water partition coefficient (Wildman–Crippen LogP) is 10.0. The van der Waals surface area contributed by atoms with Crippen LogP contribution in [0.3, 0.4) is 0 Å². The van der Waals surface area contributed by atoms with Gasteiger partial charge in [-0.3, -0.25) is 39.4 Å². The first-order valence-electron chi connectivity index (χ1n) is 23.5. The maximum atomic E-state index is 14.2. The number of carbonyl (C=O) groups is 4. The summed E-state index contributed by atoms with van der Waals surface area (Å²) in [5.41, 5.74) is -1.38. The van der Waals surface area contributed by atoms with Crippen LogP contribution in [-0.4, -0.2) is 128 Å². The first-order valence-corrected chi connectivity index (χ1v) is 27.7. The van der Waals surface area contributed by atoms with Crippen LogP contribution in [0.4, 0.5) is 11.4 Å². The van der Waals surface area contributed by atoms with Gasteiger partial charge in [-0.25, -0.2) is 0 Å². The molecule has 4 aromatic carbocycles. The van der Waals surface area contributed by atoms with Crippen molar-refractivity contribution in [1.82, 2.24) is 9.80 Å². The summed E-state index contributed by atoms with van der Waals surface area (Å²) in [4.78, 5) is 83.7. The van der Waals surface area contributed by atoms with Crippen molar-refractivity contribution in [1.29, 1.82) is 0 Å². The largest absolute Gasteiger partial charge is 0.493 e. The van der Waals surface area contributed by atoms with Crippen molar-refractivity contribution in [2.45, 2.75) is 74.6 Å². The highest BCUT2D eigenvalue weighted by Crippen LogP contribution is 2.43. The maximum absolute atomic E-state index is 14.2. The highest BCUT2D eigenvalue weighted by molar-refractivity contribution is 8.17. The molecule has 2 fully saturated rings. The summed E-state index contributed by atoms with van der Waals surface area (Å²) in [7, 11) is 2.67. The summed E-state index contributed by atoms with van der Waals surface area (Å²) in [5, 5.41) is 25.0. The van der Waals surface area contributed by atoms with Crippen molar-refractivity contribution < 1.29 is 57.4 Å². The number of hydrogen-bond acceptors (Lipinski definition) is 18. The van der Waals surface area contributed by atoms with Crippen molar-refractivity contribution in [3.8, 4) is 34.5 Å². The Bertz CT molecular complexity index is 2520. The zero-order valence-corrected chi connectivity index (χ0v) is 44.0. The number of thioether (sulfide) groups is 4. The quantitative estimate of drug-likeness (QED) is 0.0319. The molecule has 22 heteroatoms. The molecule has 0 spiro atoms. The van der Waals surface area contributed by atoms with Gasteiger partial charge >= 0.3 is 0 Å². The lowest BCUT2D eigenvalue weighted by Gasteiger charge is -2.31. The third kappa shape index (κ3) is 11.4. The average Bonchev–Trinajstić information content (AvgIpc) is 4.09. The molecule has 3 aliphatic rings. The van der Waals surface area contributed by atoms with E-state index in [1.165, 1.54) is 50.6 Å². The second-order valence-corrected chi connectivity index (χ2v) is 22.6. The normalized spacial score (nSPS) is 16.2. The van der Waals surface area contributed by atoms with Crippen LogP contribution in [0.1, 0.15) is 106 Å². The number of hydrogen-bond donors (Lipinski definition) is 0. The standard InChI is InChI=1S/C50H56N4O14S4/c1-7-69-49(70-8-2)33-17-13-21-51(33)47(57)31-23-39(63-5)41(25-35(31)53(59)60)67-27-65-37-19-20-38(44-43(37)45(55)29-15-11-12-16-30(29)46(44)56)66-28-68-42-26-36(54(61)62)32(24-40(42)64-6)48(58)52-22-14-18-34(52)50(71-9-3)72-10-4/h11-12,15-16,19-20,23-26,33-34,49-50H,7-10,13-14,17-18,21-22,27-28H2,1-6H3/t33-,34-/m0/s1. The monoisotopic (exact) mass is 1060 g/mol. The molecule has 2 saturated heterocycles. The summed E-state index contributed by atoms with van der Waals surface area (Å²) in [6.45, 7) is 7.91. The molecule has 1 aliphatic carbocycles. The van der Waals surface area contributed by atoms with Crippen LogP contribution < -0.4 is 28.4 Å². The number of nitro benzene ring substituents is 2. The zero-order valence-electron chi connectivity index (χ0n) is 40.7. The van der Waals surface area contributed by atoms with Gasteiger partial charge in [0.05, 0.1) is 68.6 Å². The molecule has 18 nitrogen and oxygen atoms in total. The number of ether oxygens (including phenoxy) is 6. The van der Waals surface area contributed by atoms with E-state index in [4.69, 9.17) is 28.4 Å². The summed E-state index contributed by atoms with van der Waals surface area (Å²) >= 11 is 7.00. The van der Waals surface area contributed by atoms with Gasteiger partial charge in [0.1, 0.15) is 22.6 Å². The highest BCUT2D eigenvalue weighted by Gasteiger charge is 2.41. The molecule has 2 aliphatic heterocycles. The van der Waals surface area contributed by atoms with E-state index in [-0.39, 0.29) is 89.1 Å². The lowest BCUT2D eigenvalue weighted by molar-refractivity contribution is -0.385. The SMILES string of the molecule is CCSC(SCC)[C@@H]1CCCN1C(=O)c1cc(OC)c(OCOc2ccc(OCOc3cc([N+](=O)[O-])c(C(=O)N4CCC[C@H]4C(SCC)SCC)cc3OC)c3c2C(=O)c2ccccc2C3=O)cc1[N+](=O)[O-]. The Hall–Kier alpha value is -5.84. The predicted molar refractivity (Wildman–Crippen MR) is 280 cm³/mol. The molecular weight excluding hydrogens is 1010 g/mol. The smallest absolute Gasteiger partial charge is 0.286 e. The molecule has 0 unspecified atom stereocenters. The summed E-state index contributed by atoms with van der Waals surface area (Å²) in [6.07, 6.45) is 3.10. The van der Waals surface area contributed by atoms with Gasteiger partial charge in [-0.05, 0) is 60.8 Å². The second-order valence-electron chi connectivity index (χ2n) is 16.4. The van der Waals surface area contributed by atoms with Gasteiger partial charge in [0, 0.05) is 36.3 Å². The third-order valence-corrected chi connectivity index (χ3v) is 17.9. The van der Waals surface area contributed by atoms with Crippen molar-refractivity contribution in [2.24, 2.45) is 0 Å². The third-order valence-electron chi connectivity index (χ3n) is 12.3. The number of nitro groups is 2. The van der Waals surface area contributed by atoms with Gasteiger partial charge in [-0.15, -0.1) is 47.0 Å². The zero-order chi connectivity index (χ0) is 51.6. The Balaban J connectivity index is 1.12. The average molecular weight is 1070 g/mol. The van der Waals surface area contributed by atoms with Crippen LogP contribution in [0.5, 0.6) is 34.5 Å². The Kier molecular flexibility index (Phi) is 18.5. The number of ketones is 2. The number of rotatable bonds is 24. The van der Waals surface area contributed by atoms with E-state index in [0.29, 0.717) is 13.1 Å². The minimum atomic E-state index is -0.655. The van der Waals surface area contributed by atoms with Crippen molar-refractivity contribution in [3.05, 3.63) is 114 Å². The molecular formula is C50H56N4O14S4. The van der Waals surface area contributed by atoms with Crippen LogP contribution in [0.15, 0.2) is 60.7 Å². The van der Waals surface area contributed by atoms with Gasteiger partial charge in [0.2, 0.25) is 13.6 Å². The maximum Gasteiger partial charge on any atom is 0.286 e. The molecule has 72 heavy (non-hydrogen) atoms. The Morgan fingerprint density at radius 1 is 0.583 bits per heavy atom. The van der Waals surface area contributed by atoms with Gasteiger partial charge in [-0.2, -0.15) is 0 Å². The topological polar surface area (TPSA) is 216 Å². The fourth-order valence-electron chi connectivity index (χ4n) is 9.17. The van der Waals surface area contributed by atoms with E-state index in [0.717, 1.165) is 60.8 Å². The van der Waals surface area contributed by atoms with Crippen molar-refractivity contribution in [2.75, 3.05) is 63.9 Å². The van der Waals surface area contributed by atoms with Gasteiger partial charge in [0.25, 0.3) is 23.2 Å². The molecule has 0 saturated carbocycles. The number of fused-ring (bicyclic) bond motifs is 2. The number of methoxy groups -OCH3 is 2. The molecule has 0 radical (unpaired) electrons. The first kappa shape index (κ1) is 53.9. The van der Waals surface area contributed by atoms with E-state index in [1.54, 1.807) is 69.0 Å². The van der Waals surface area contributed by atoms with Gasteiger partial charge in [-0.1, -0.05) is 52.0 Å². The van der Waals surface area contributed by atoms with Crippen molar-refractivity contribution in [3.63, 3.8) is 0 Å². The summed E-state index contributed by atoms with van der Waals surface area (Å²) in [5.74, 6) is 0.996. The molecule has 2 atom stereocenters. The minimum absolute atomic E-state index is 0.0291. The van der Waals surface area contributed by atoms with Gasteiger partial charge < -0.3 is 38.2 Å². The van der Waals surface area contributed by atoms with E-state index in [2.05, 4.69) is 27.7 Å². The summed E-state index contributed by atoms with van der Waals surface area (Å²) in [6, 6.07) is 13.5. The fraction of sp³-hybridized carbons (Fsp3) is 0.440. The Morgan fingerprint density at radius 2 is 0.944 bits per heavy atom. The van der Waals surface area contributed by atoms with E-state index in [9.17, 15) is 39.4 Å². The first-order chi connectivity index (χ1) is 34.8. The molecule has 0 N–H and O–H groups in total. The molecule has 2 amide bonds. The molecule has 384 valence electrons. The van der Waals surface area contributed by atoms with Crippen LogP contribution in [-0.2, 0) is 0 Å². The van der Waals surface area contributed by atoms with E-state index >= 15 is 0 Å². The van der Waals surface area contributed by atoms with Crippen LogP contribution in [0.25, 0.3) is 0 Å². The lowest BCUT2D eigenvalue weighted by atomic mass is 9.83. The number of amides is 2. The minimum Gasteiger partial charge on any atom is -0.493 e.